The van der Waals surface area contributed by atoms with Crippen LogP contribution >= 0.6 is 11.6 Å². The maximum atomic E-state index is 14.1. The minimum Gasteiger partial charge on any atom is -0.475 e. The zero-order valence-electron chi connectivity index (χ0n) is 23.3. The van der Waals surface area contributed by atoms with Crippen molar-refractivity contribution in [2.24, 2.45) is 11.3 Å². The van der Waals surface area contributed by atoms with Crippen LogP contribution in [0.2, 0.25) is 5.02 Å². The number of rotatable bonds is 4. The lowest BCUT2D eigenvalue weighted by atomic mass is 9.72. The van der Waals surface area contributed by atoms with Crippen molar-refractivity contribution < 1.29 is 32.7 Å². The van der Waals surface area contributed by atoms with Gasteiger partial charge in [-0.2, -0.15) is 13.2 Å². The molecule has 2 fully saturated rings. The predicted molar refractivity (Wildman–Crippen MR) is 153 cm³/mol. The highest BCUT2D eigenvalue weighted by molar-refractivity contribution is 6.30. The van der Waals surface area contributed by atoms with E-state index in [1.165, 1.54) is 16.7 Å². The van der Waals surface area contributed by atoms with Crippen LogP contribution in [-0.4, -0.2) is 56.9 Å². The van der Waals surface area contributed by atoms with Gasteiger partial charge < -0.3 is 14.9 Å². The van der Waals surface area contributed by atoms with Crippen LogP contribution in [0.3, 0.4) is 0 Å². The van der Waals surface area contributed by atoms with Crippen LogP contribution in [0.25, 0.3) is 0 Å². The number of fused-ring (bicyclic) bond motifs is 1. The minimum atomic E-state index is -5.08. The summed E-state index contributed by atoms with van der Waals surface area (Å²) >= 11 is 6.03. The monoisotopic (exact) mass is 613 g/mol. The van der Waals surface area contributed by atoms with Crippen molar-refractivity contribution in [1.29, 1.82) is 0 Å². The number of pyridine rings is 1. The molecular formula is C32H31ClF3N3O4. The summed E-state index contributed by atoms with van der Waals surface area (Å²) in [6, 6.07) is 20.2. The Balaban J connectivity index is 0.000000472. The van der Waals surface area contributed by atoms with E-state index in [-0.39, 0.29) is 23.7 Å². The predicted octanol–water partition coefficient (Wildman–Crippen LogP) is 5.87. The molecule has 2 aliphatic heterocycles. The number of hydrogen-bond donors (Lipinski definition) is 1. The first-order valence-electron chi connectivity index (χ1n) is 14.1. The molecule has 11 heteroatoms. The van der Waals surface area contributed by atoms with E-state index in [9.17, 15) is 22.8 Å². The van der Waals surface area contributed by atoms with E-state index in [4.69, 9.17) is 21.5 Å². The van der Waals surface area contributed by atoms with E-state index in [1.54, 1.807) is 12.4 Å². The Hall–Kier alpha value is -3.92. The smallest absolute Gasteiger partial charge is 0.475 e. The fraction of sp³-hybridized carbons (Fsp3) is 0.375. The highest BCUT2D eigenvalue weighted by Gasteiger charge is 2.50. The summed E-state index contributed by atoms with van der Waals surface area (Å²) in [7, 11) is 0. The number of amides is 2. The van der Waals surface area contributed by atoms with Crippen molar-refractivity contribution in [3.8, 4) is 0 Å². The molecule has 2 amide bonds. The van der Waals surface area contributed by atoms with Crippen LogP contribution in [0.15, 0.2) is 73.1 Å². The summed E-state index contributed by atoms with van der Waals surface area (Å²) in [5, 5.41) is 7.84. The normalized spacial score (nSPS) is 20.9. The van der Waals surface area contributed by atoms with Gasteiger partial charge in [-0.05, 0) is 78.1 Å². The van der Waals surface area contributed by atoms with Crippen LogP contribution in [0, 0.1) is 11.3 Å². The summed E-state index contributed by atoms with van der Waals surface area (Å²) in [6.07, 6.45) is 1.53. The number of piperidine rings is 1. The summed E-state index contributed by atoms with van der Waals surface area (Å²) in [4.78, 5) is 44.4. The number of likely N-dealkylation sites (tertiary alicyclic amines) is 1. The molecule has 3 aromatic rings. The summed E-state index contributed by atoms with van der Waals surface area (Å²) < 4.78 is 31.7. The van der Waals surface area contributed by atoms with E-state index in [1.807, 2.05) is 46.2 Å². The quantitative estimate of drug-likeness (QED) is 0.398. The lowest BCUT2D eigenvalue weighted by Gasteiger charge is -2.42. The van der Waals surface area contributed by atoms with E-state index in [2.05, 4.69) is 29.2 Å². The van der Waals surface area contributed by atoms with E-state index in [0.717, 1.165) is 23.4 Å². The van der Waals surface area contributed by atoms with Gasteiger partial charge in [-0.3, -0.25) is 14.6 Å². The molecule has 0 radical (unpaired) electrons. The number of alkyl halides is 3. The Kier molecular flexibility index (Phi) is 8.78. The molecule has 1 aromatic heterocycles. The molecule has 3 aliphatic rings. The second-order valence-corrected chi connectivity index (χ2v) is 11.8. The lowest BCUT2D eigenvalue weighted by molar-refractivity contribution is -0.192. The molecule has 3 heterocycles. The Bertz CT molecular complexity index is 1480. The standard InChI is InChI=1S/C30H30ClN3O2.C2HF3O2/c31-25-7-5-22(6-8-25)26-17-27(26)28(35)33-15-11-30(12-16-33)18-23-3-1-2-4-24(23)20-34(29(30)36)19-21-9-13-32-14-10-21;3-2(4,5)1(6)7/h1-10,13-14,26-27H,11-12,15-20H2;(H,6,7). The molecule has 2 atom stereocenters. The third-order valence-electron chi connectivity index (χ3n) is 8.55. The van der Waals surface area contributed by atoms with Gasteiger partial charge in [0.05, 0.1) is 5.41 Å². The summed E-state index contributed by atoms with van der Waals surface area (Å²) in [5.41, 5.74) is 4.29. The second-order valence-electron chi connectivity index (χ2n) is 11.4. The third kappa shape index (κ3) is 7.01. The molecular weight excluding hydrogens is 583 g/mol. The Morgan fingerprint density at radius 3 is 2.19 bits per heavy atom. The SMILES string of the molecule is O=C(C1CC1c1ccc(Cl)cc1)N1CCC2(CC1)Cc1ccccc1CN(Cc1ccncc1)C2=O.O=C(O)C(F)(F)F. The third-order valence-corrected chi connectivity index (χ3v) is 8.80. The van der Waals surface area contributed by atoms with Crippen LogP contribution < -0.4 is 0 Å². The van der Waals surface area contributed by atoms with Gasteiger partial charge in [0.25, 0.3) is 0 Å². The Morgan fingerprint density at radius 2 is 1.58 bits per heavy atom. The zero-order valence-corrected chi connectivity index (χ0v) is 24.0. The average molecular weight is 614 g/mol. The maximum absolute atomic E-state index is 14.1. The largest absolute Gasteiger partial charge is 0.490 e. The topological polar surface area (TPSA) is 90.8 Å². The Labute approximate surface area is 252 Å². The molecule has 0 bridgehead atoms. The van der Waals surface area contributed by atoms with Crippen molar-refractivity contribution in [3.05, 3.63) is 100 Å². The van der Waals surface area contributed by atoms with Crippen molar-refractivity contribution in [2.45, 2.75) is 50.9 Å². The average Bonchev–Trinajstić information content (AvgIpc) is 3.80. The fourth-order valence-corrected chi connectivity index (χ4v) is 6.23. The summed E-state index contributed by atoms with van der Waals surface area (Å²) in [6.45, 7) is 2.47. The molecule has 7 nitrogen and oxygen atoms in total. The van der Waals surface area contributed by atoms with Gasteiger partial charge in [0.15, 0.2) is 0 Å². The van der Waals surface area contributed by atoms with E-state index >= 15 is 0 Å². The van der Waals surface area contributed by atoms with Gasteiger partial charge in [-0.25, -0.2) is 4.79 Å². The molecule has 2 unspecified atom stereocenters. The molecule has 1 saturated carbocycles. The molecule has 1 spiro atoms. The van der Waals surface area contributed by atoms with Gasteiger partial charge in [-0.1, -0.05) is 48.0 Å². The van der Waals surface area contributed by atoms with Gasteiger partial charge in [0, 0.05) is 49.5 Å². The van der Waals surface area contributed by atoms with Crippen LogP contribution in [0.1, 0.15) is 47.4 Å². The van der Waals surface area contributed by atoms with Gasteiger partial charge >= 0.3 is 12.1 Å². The number of benzene rings is 2. The maximum Gasteiger partial charge on any atom is 0.490 e. The number of aliphatic carboxylic acids is 1. The molecule has 1 N–H and O–H groups in total. The first-order chi connectivity index (χ1) is 20.5. The molecule has 1 aliphatic carbocycles. The zero-order chi connectivity index (χ0) is 30.8. The van der Waals surface area contributed by atoms with Gasteiger partial charge in [0.2, 0.25) is 11.8 Å². The number of hydrogen-bond acceptors (Lipinski definition) is 4. The number of halogens is 4. The number of carboxylic acid groups (broad SMARTS) is 1. The lowest BCUT2D eigenvalue weighted by Crippen LogP contribution is -2.51. The molecule has 2 aromatic carbocycles. The fourth-order valence-electron chi connectivity index (χ4n) is 6.10. The van der Waals surface area contributed by atoms with Crippen LogP contribution in [0.5, 0.6) is 0 Å². The Morgan fingerprint density at radius 1 is 0.977 bits per heavy atom. The number of nitrogens with zero attached hydrogens (tertiary/aromatic N) is 3. The van der Waals surface area contributed by atoms with Gasteiger partial charge in [-0.15, -0.1) is 0 Å². The second kappa shape index (κ2) is 12.4. The number of aromatic nitrogens is 1. The van der Waals surface area contributed by atoms with E-state index in [0.29, 0.717) is 39.0 Å². The molecule has 6 rings (SSSR count). The summed E-state index contributed by atoms with van der Waals surface area (Å²) in [5.74, 6) is -1.97. The highest BCUT2D eigenvalue weighted by Crippen LogP contribution is 2.50. The van der Waals surface area contributed by atoms with Gasteiger partial charge in [0.1, 0.15) is 0 Å². The van der Waals surface area contributed by atoms with Crippen LogP contribution in [0.4, 0.5) is 13.2 Å². The minimum absolute atomic E-state index is 0.0500. The number of carbonyl (C=O) groups excluding carboxylic acids is 2. The van der Waals surface area contributed by atoms with Crippen molar-refractivity contribution in [1.82, 2.24) is 14.8 Å². The molecule has 1 saturated heterocycles. The number of carboxylic acids is 1. The molecule has 43 heavy (non-hydrogen) atoms. The highest BCUT2D eigenvalue weighted by atomic mass is 35.5. The van der Waals surface area contributed by atoms with Crippen LogP contribution in [-0.2, 0) is 33.9 Å². The first kappa shape index (κ1) is 30.5. The van der Waals surface area contributed by atoms with Crippen molar-refractivity contribution >= 4 is 29.4 Å². The van der Waals surface area contributed by atoms with Crippen molar-refractivity contribution in [2.75, 3.05) is 13.1 Å². The van der Waals surface area contributed by atoms with E-state index < -0.39 is 17.6 Å². The first-order valence-corrected chi connectivity index (χ1v) is 14.4. The number of carbonyl (C=O) groups is 3. The molecule has 226 valence electrons. The van der Waals surface area contributed by atoms with Crippen molar-refractivity contribution in [3.63, 3.8) is 0 Å².